The molecule has 4 heteroatoms. The number of hydrogen-bond donors (Lipinski definition) is 2. The Bertz CT molecular complexity index is 593. The highest BCUT2D eigenvalue weighted by Gasteiger charge is 2.10. The summed E-state index contributed by atoms with van der Waals surface area (Å²) in [6.45, 7) is 4.03. The van der Waals surface area contributed by atoms with Gasteiger partial charge in [0.1, 0.15) is 0 Å². The Morgan fingerprint density at radius 3 is 2.67 bits per heavy atom. The van der Waals surface area contributed by atoms with Crippen LogP contribution in [-0.4, -0.2) is 10.9 Å². The summed E-state index contributed by atoms with van der Waals surface area (Å²) < 4.78 is 0. The van der Waals surface area contributed by atoms with E-state index in [1.54, 1.807) is 18.3 Å². The molecule has 1 aromatic carbocycles. The molecule has 1 heterocycles. The first-order valence-corrected chi connectivity index (χ1v) is 5.67. The number of aromatic nitrogens is 1. The Labute approximate surface area is 106 Å². The molecule has 0 saturated carbocycles. The highest BCUT2D eigenvalue weighted by molar-refractivity contribution is 6.06. The van der Waals surface area contributed by atoms with Crippen molar-refractivity contribution in [3.05, 3.63) is 53.3 Å². The number of carbonyl (C=O) groups excluding carboxylic acids is 1. The van der Waals surface area contributed by atoms with Gasteiger partial charge in [-0.25, -0.2) is 4.98 Å². The summed E-state index contributed by atoms with van der Waals surface area (Å²) in [7, 11) is 0. The van der Waals surface area contributed by atoms with Gasteiger partial charge >= 0.3 is 0 Å². The number of benzene rings is 1. The van der Waals surface area contributed by atoms with E-state index in [1.807, 2.05) is 32.0 Å². The molecule has 2 aromatic rings. The Balaban J connectivity index is 2.22. The minimum atomic E-state index is -0.295. The zero-order valence-corrected chi connectivity index (χ0v) is 10.4. The SMILES string of the molecule is Cc1ccc(NC(=O)c2ncccc2N)cc1C. The number of nitrogens with two attached hydrogens (primary N) is 1. The average molecular weight is 241 g/mol. The number of nitrogens with zero attached hydrogens (tertiary/aromatic N) is 1. The number of pyridine rings is 1. The van der Waals surface area contributed by atoms with Crippen molar-refractivity contribution >= 4 is 17.3 Å². The highest BCUT2D eigenvalue weighted by atomic mass is 16.1. The Kier molecular flexibility index (Phi) is 3.28. The molecule has 2 rings (SSSR count). The first kappa shape index (κ1) is 12.1. The first-order chi connectivity index (χ1) is 8.58. The van der Waals surface area contributed by atoms with Crippen LogP contribution >= 0.6 is 0 Å². The van der Waals surface area contributed by atoms with Crippen LogP contribution in [0.2, 0.25) is 0 Å². The molecule has 4 nitrogen and oxygen atoms in total. The van der Waals surface area contributed by atoms with Gasteiger partial charge in [-0.1, -0.05) is 6.07 Å². The van der Waals surface area contributed by atoms with E-state index in [-0.39, 0.29) is 11.6 Å². The van der Waals surface area contributed by atoms with Crippen LogP contribution in [0.3, 0.4) is 0 Å². The van der Waals surface area contributed by atoms with Gasteiger partial charge in [0.25, 0.3) is 5.91 Å². The molecule has 0 atom stereocenters. The minimum Gasteiger partial charge on any atom is -0.397 e. The van der Waals surface area contributed by atoms with E-state index in [1.165, 1.54) is 5.56 Å². The van der Waals surface area contributed by atoms with Crippen LogP contribution in [0, 0.1) is 13.8 Å². The summed E-state index contributed by atoms with van der Waals surface area (Å²) in [6.07, 6.45) is 1.55. The summed E-state index contributed by atoms with van der Waals surface area (Å²) in [5.41, 5.74) is 9.38. The molecule has 0 fully saturated rings. The molecule has 3 N–H and O–H groups in total. The molecule has 0 saturated heterocycles. The molecule has 0 aliphatic rings. The number of aryl methyl sites for hydroxylation is 2. The Morgan fingerprint density at radius 1 is 1.22 bits per heavy atom. The van der Waals surface area contributed by atoms with Gasteiger partial charge in [0.05, 0.1) is 5.69 Å². The monoisotopic (exact) mass is 241 g/mol. The summed E-state index contributed by atoms with van der Waals surface area (Å²) in [5, 5.41) is 2.79. The maximum absolute atomic E-state index is 12.0. The predicted molar refractivity (Wildman–Crippen MR) is 72.5 cm³/mol. The van der Waals surface area contributed by atoms with Crippen LogP contribution in [0.15, 0.2) is 36.5 Å². The molecule has 0 radical (unpaired) electrons. The molecule has 1 aromatic heterocycles. The fourth-order valence-corrected chi connectivity index (χ4v) is 1.62. The van der Waals surface area contributed by atoms with Gasteiger partial charge in [-0.3, -0.25) is 4.79 Å². The quantitative estimate of drug-likeness (QED) is 0.849. The number of nitrogen functional groups attached to an aromatic ring is 1. The summed E-state index contributed by atoms with van der Waals surface area (Å²) in [4.78, 5) is 16.0. The number of anilines is 2. The van der Waals surface area contributed by atoms with Gasteiger partial charge in [-0.05, 0) is 49.2 Å². The predicted octanol–water partition coefficient (Wildman–Crippen LogP) is 2.53. The van der Waals surface area contributed by atoms with Crippen LogP contribution in [0.4, 0.5) is 11.4 Å². The standard InChI is InChI=1S/C14H15N3O/c1-9-5-6-11(8-10(9)2)17-14(18)13-12(15)4-3-7-16-13/h3-8H,15H2,1-2H3,(H,17,18). The van der Waals surface area contributed by atoms with Crippen molar-refractivity contribution in [3.8, 4) is 0 Å². The van der Waals surface area contributed by atoms with E-state index in [0.717, 1.165) is 11.3 Å². The van der Waals surface area contributed by atoms with Crippen LogP contribution < -0.4 is 11.1 Å². The third-order valence-corrected chi connectivity index (χ3v) is 2.82. The molecular formula is C14H15N3O. The highest BCUT2D eigenvalue weighted by Crippen LogP contribution is 2.16. The molecule has 0 aliphatic carbocycles. The fourth-order valence-electron chi connectivity index (χ4n) is 1.62. The summed E-state index contributed by atoms with van der Waals surface area (Å²) in [5.74, 6) is -0.295. The van der Waals surface area contributed by atoms with E-state index in [2.05, 4.69) is 10.3 Å². The van der Waals surface area contributed by atoms with Crippen LogP contribution in [0.25, 0.3) is 0 Å². The normalized spacial score (nSPS) is 10.1. The maximum Gasteiger partial charge on any atom is 0.276 e. The van der Waals surface area contributed by atoms with E-state index in [9.17, 15) is 4.79 Å². The lowest BCUT2D eigenvalue weighted by Crippen LogP contribution is -2.15. The van der Waals surface area contributed by atoms with Crippen molar-refractivity contribution in [2.45, 2.75) is 13.8 Å². The number of amides is 1. The molecular weight excluding hydrogens is 226 g/mol. The molecule has 0 unspecified atom stereocenters. The van der Waals surface area contributed by atoms with Gasteiger partial charge in [0, 0.05) is 11.9 Å². The van der Waals surface area contributed by atoms with Gasteiger partial charge in [-0.15, -0.1) is 0 Å². The molecule has 92 valence electrons. The van der Waals surface area contributed by atoms with Crippen molar-refractivity contribution < 1.29 is 4.79 Å². The third kappa shape index (κ3) is 2.48. The van der Waals surface area contributed by atoms with Crippen molar-refractivity contribution in [2.24, 2.45) is 0 Å². The zero-order valence-electron chi connectivity index (χ0n) is 10.4. The summed E-state index contributed by atoms with van der Waals surface area (Å²) >= 11 is 0. The van der Waals surface area contributed by atoms with Crippen molar-refractivity contribution in [1.82, 2.24) is 4.98 Å². The summed E-state index contributed by atoms with van der Waals surface area (Å²) in [6, 6.07) is 9.10. The van der Waals surface area contributed by atoms with Gasteiger partial charge in [-0.2, -0.15) is 0 Å². The lowest BCUT2D eigenvalue weighted by Gasteiger charge is -2.08. The van der Waals surface area contributed by atoms with Crippen LogP contribution in [-0.2, 0) is 0 Å². The van der Waals surface area contributed by atoms with Crippen LogP contribution in [0.1, 0.15) is 21.6 Å². The van der Waals surface area contributed by atoms with Crippen molar-refractivity contribution in [1.29, 1.82) is 0 Å². The van der Waals surface area contributed by atoms with Gasteiger partial charge in [0.2, 0.25) is 0 Å². The molecule has 18 heavy (non-hydrogen) atoms. The largest absolute Gasteiger partial charge is 0.397 e. The third-order valence-electron chi connectivity index (χ3n) is 2.82. The van der Waals surface area contributed by atoms with E-state index < -0.39 is 0 Å². The fraction of sp³-hybridized carbons (Fsp3) is 0.143. The van der Waals surface area contributed by atoms with Gasteiger partial charge in [0.15, 0.2) is 5.69 Å². The topological polar surface area (TPSA) is 68.0 Å². The maximum atomic E-state index is 12.0. The molecule has 0 spiro atoms. The van der Waals surface area contributed by atoms with E-state index >= 15 is 0 Å². The van der Waals surface area contributed by atoms with Crippen LogP contribution in [0.5, 0.6) is 0 Å². The second-order valence-corrected chi connectivity index (χ2v) is 4.19. The minimum absolute atomic E-state index is 0.246. The average Bonchev–Trinajstić information content (AvgIpc) is 2.34. The second-order valence-electron chi connectivity index (χ2n) is 4.19. The lowest BCUT2D eigenvalue weighted by molar-refractivity contribution is 0.102. The number of rotatable bonds is 2. The molecule has 0 aliphatic heterocycles. The lowest BCUT2D eigenvalue weighted by atomic mass is 10.1. The smallest absolute Gasteiger partial charge is 0.276 e. The number of carbonyl (C=O) groups is 1. The second kappa shape index (κ2) is 4.87. The van der Waals surface area contributed by atoms with Crippen molar-refractivity contribution in [3.63, 3.8) is 0 Å². The zero-order chi connectivity index (χ0) is 13.1. The van der Waals surface area contributed by atoms with Crippen molar-refractivity contribution in [2.75, 3.05) is 11.1 Å². The van der Waals surface area contributed by atoms with E-state index in [0.29, 0.717) is 5.69 Å². The van der Waals surface area contributed by atoms with E-state index in [4.69, 9.17) is 5.73 Å². The Morgan fingerprint density at radius 2 is 2.00 bits per heavy atom. The number of nitrogens with one attached hydrogen (secondary N) is 1. The Hall–Kier alpha value is -2.36. The molecule has 1 amide bonds. The number of hydrogen-bond acceptors (Lipinski definition) is 3. The van der Waals surface area contributed by atoms with Gasteiger partial charge < -0.3 is 11.1 Å². The first-order valence-electron chi connectivity index (χ1n) is 5.67. The molecule has 0 bridgehead atoms.